The van der Waals surface area contributed by atoms with Crippen LogP contribution in [0, 0.1) is 6.92 Å². The number of methoxy groups -OCH3 is 1. The molecule has 1 aliphatic heterocycles. The fourth-order valence-corrected chi connectivity index (χ4v) is 3.52. The van der Waals surface area contributed by atoms with E-state index in [-0.39, 0.29) is 18.2 Å². The van der Waals surface area contributed by atoms with Crippen molar-refractivity contribution in [1.29, 1.82) is 0 Å². The lowest BCUT2D eigenvalue weighted by molar-refractivity contribution is -0.145. The molecular weight excluding hydrogens is 382 g/mol. The minimum atomic E-state index is -0.892. The van der Waals surface area contributed by atoms with Crippen molar-refractivity contribution in [3.63, 3.8) is 0 Å². The van der Waals surface area contributed by atoms with E-state index in [0.29, 0.717) is 31.0 Å². The second kappa shape index (κ2) is 8.83. The van der Waals surface area contributed by atoms with Crippen LogP contribution in [0.25, 0.3) is 0 Å². The van der Waals surface area contributed by atoms with E-state index in [4.69, 9.17) is 4.74 Å². The molecule has 2 aromatic rings. The Morgan fingerprint density at radius 1 is 1.39 bits per heavy atom. The highest BCUT2D eigenvalue weighted by atomic mass is 32.1. The van der Waals surface area contributed by atoms with Crippen molar-refractivity contribution in [2.24, 2.45) is 0 Å². The van der Waals surface area contributed by atoms with Gasteiger partial charge in [0.2, 0.25) is 5.91 Å². The van der Waals surface area contributed by atoms with Crippen LogP contribution in [0.4, 0.5) is 0 Å². The van der Waals surface area contributed by atoms with Gasteiger partial charge in [0.25, 0.3) is 5.91 Å². The molecule has 1 aliphatic rings. The van der Waals surface area contributed by atoms with E-state index in [1.807, 2.05) is 12.3 Å². The second-order valence-electron chi connectivity index (χ2n) is 6.26. The number of ether oxygens (including phenoxy) is 2. The molecule has 1 atom stereocenters. The molecule has 8 nitrogen and oxygen atoms in total. The number of rotatable bonds is 6. The molecular formula is C19H21N3O5S. The van der Waals surface area contributed by atoms with E-state index in [1.54, 1.807) is 35.6 Å². The van der Waals surface area contributed by atoms with Gasteiger partial charge >= 0.3 is 5.97 Å². The quantitative estimate of drug-likeness (QED) is 0.735. The Kier molecular flexibility index (Phi) is 6.25. The third-order valence-electron chi connectivity index (χ3n) is 4.31. The molecule has 3 rings (SSSR count). The topological polar surface area (TPSA) is 97.8 Å². The summed E-state index contributed by atoms with van der Waals surface area (Å²) in [6, 6.07) is 5.86. The summed E-state index contributed by atoms with van der Waals surface area (Å²) < 4.78 is 10.4. The summed E-state index contributed by atoms with van der Waals surface area (Å²) in [4.78, 5) is 42.5. The van der Waals surface area contributed by atoms with Gasteiger partial charge in [-0.2, -0.15) is 0 Å². The summed E-state index contributed by atoms with van der Waals surface area (Å²) >= 11 is 1.55. The number of carbonyl (C=O) groups excluding carboxylic acids is 3. The third-order valence-corrected chi connectivity index (χ3v) is 5.14. The van der Waals surface area contributed by atoms with Crippen molar-refractivity contribution in [2.45, 2.75) is 26.0 Å². The maximum Gasteiger partial charge on any atom is 0.308 e. The number of benzene rings is 1. The summed E-state index contributed by atoms with van der Waals surface area (Å²) in [5.41, 5.74) is 1.21. The van der Waals surface area contributed by atoms with Crippen molar-refractivity contribution < 1.29 is 23.9 Å². The number of nitrogens with zero attached hydrogens (tertiary/aromatic N) is 2. The SMILES string of the molecule is COC(=O)CC1C(=O)NCCN1C(=O)c1cccc(OCc2csc(C)n2)c1. The molecule has 0 saturated carbocycles. The van der Waals surface area contributed by atoms with Crippen LogP contribution in [0.2, 0.25) is 0 Å². The maximum absolute atomic E-state index is 13.0. The summed E-state index contributed by atoms with van der Waals surface area (Å²) in [7, 11) is 1.25. The lowest BCUT2D eigenvalue weighted by Gasteiger charge is -2.34. The Hall–Kier alpha value is -2.94. The first kappa shape index (κ1) is 19.8. The number of aryl methyl sites for hydroxylation is 1. The zero-order valence-corrected chi connectivity index (χ0v) is 16.5. The van der Waals surface area contributed by atoms with Crippen molar-refractivity contribution >= 4 is 29.1 Å². The molecule has 1 aromatic heterocycles. The number of esters is 1. The molecule has 2 heterocycles. The number of thiazole rings is 1. The van der Waals surface area contributed by atoms with E-state index in [0.717, 1.165) is 10.7 Å². The standard InChI is InChI=1S/C19H21N3O5S/c1-12-21-14(11-28-12)10-27-15-5-3-4-13(8-15)19(25)22-7-6-20-18(24)16(22)9-17(23)26-2/h3-5,8,11,16H,6-7,9-10H2,1-2H3,(H,20,24). The highest BCUT2D eigenvalue weighted by Crippen LogP contribution is 2.20. The van der Waals surface area contributed by atoms with Gasteiger partial charge in [0.05, 0.1) is 24.2 Å². The highest BCUT2D eigenvalue weighted by Gasteiger charge is 2.35. The zero-order valence-electron chi connectivity index (χ0n) is 15.6. The van der Waals surface area contributed by atoms with E-state index in [1.165, 1.54) is 12.0 Å². The average molecular weight is 403 g/mol. The Labute approximate surface area is 166 Å². The summed E-state index contributed by atoms with van der Waals surface area (Å²) in [6.45, 7) is 2.88. The molecule has 148 valence electrons. The van der Waals surface area contributed by atoms with E-state index in [9.17, 15) is 14.4 Å². The lowest BCUT2D eigenvalue weighted by Crippen LogP contribution is -2.57. The number of amides is 2. The molecule has 28 heavy (non-hydrogen) atoms. The van der Waals surface area contributed by atoms with E-state index >= 15 is 0 Å². The monoisotopic (exact) mass is 403 g/mol. The largest absolute Gasteiger partial charge is 0.487 e. The summed E-state index contributed by atoms with van der Waals surface area (Å²) in [5, 5.41) is 5.56. The number of nitrogens with one attached hydrogen (secondary N) is 1. The van der Waals surface area contributed by atoms with Crippen LogP contribution in [0.15, 0.2) is 29.6 Å². The lowest BCUT2D eigenvalue weighted by atomic mass is 10.1. The van der Waals surface area contributed by atoms with Crippen LogP contribution in [-0.2, 0) is 20.9 Å². The summed E-state index contributed by atoms with van der Waals surface area (Å²) in [6.07, 6.45) is -0.187. The Bertz CT molecular complexity index is 882. The predicted molar refractivity (Wildman–Crippen MR) is 102 cm³/mol. The zero-order chi connectivity index (χ0) is 20.1. The maximum atomic E-state index is 13.0. The molecule has 9 heteroatoms. The van der Waals surface area contributed by atoms with Crippen molar-refractivity contribution in [1.82, 2.24) is 15.2 Å². The number of hydrogen-bond acceptors (Lipinski definition) is 7. The number of piperazine rings is 1. The number of carbonyl (C=O) groups is 3. The predicted octanol–water partition coefficient (Wildman–Crippen LogP) is 1.53. The molecule has 1 saturated heterocycles. The van der Waals surface area contributed by atoms with Gasteiger partial charge in [-0.25, -0.2) is 4.98 Å². The first-order valence-electron chi connectivity index (χ1n) is 8.77. The Balaban J connectivity index is 1.73. The van der Waals surface area contributed by atoms with Gasteiger partial charge in [0, 0.05) is 24.0 Å². The minimum Gasteiger partial charge on any atom is -0.487 e. The van der Waals surface area contributed by atoms with Crippen LogP contribution in [0.1, 0.15) is 27.5 Å². The van der Waals surface area contributed by atoms with Crippen molar-refractivity contribution in [2.75, 3.05) is 20.2 Å². The molecule has 0 spiro atoms. The van der Waals surface area contributed by atoms with Gasteiger partial charge in [-0.3, -0.25) is 14.4 Å². The van der Waals surface area contributed by atoms with E-state index < -0.39 is 12.0 Å². The van der Waals surface area contributed by atoms with Gasteiger partial charge in [0.1, 0.15) is 18.4 Å². The number of aromatic nitrogens is 1. The normalized spacial score (nSPS) is 16.4. The molecule has 2 amide bonds. The Morgan fingerprint density at radius 3 is 2.93 bits per heavy atom. The van der Waals surface area contributed by atoms with Gasteiger partial charge in [-0.05, 0) is 25.1 Å². The fraction of sp³-hybridized carbons (Fsp3) is 0.368. The first-order valence-corrected chi connectivity index (χ1v) is 9.65. The molecule has 1 N–H and O–H groups in total. The van der Waals surface area contributed by atoms with E-state index in [2.05, 4.69) is 15.0 Å². The van der Waals surface area contributed by atoms with Crippen LogP contribution in [0.5, 0.6) is 5.75 Å². The van der Waals surface area contributed by atoms with Crippen LogP contribution < -0.4 is 10.1 Å². The minimum absolute atomic E-state index is 0.187. The molecule has 0 aliphatic carbocycles. The third kappa shape index (κ3) is 4.66. The average Bonchev–Trinajstić information content (AvgIpc) is 3.12. The fourth-order valence-electron chi connectivity index (χ4n) is 2.92. The highest BCUT2D eigenvalue weighted by molar-refractivity contribution is 7.09. The van der Waals surface area contributed by atoms with Gasteiger partial charge in [0.15, 0.2) is 0 Å². The van der Waals surface area contributed by atoms with Crippen LogP contribution >= 0.6 is 11.3 Å². The van der Waals surface area contributed by atoms with Crippen molar-refractivity contribution in [3.05, 3.63) is 45.9 Å². The van der Waals surface area contributed by atoms with Gasteiger partial charge < -0.3 is 19.7 Å². The van der Waals surface area contributed by atoms with Gasteiger partial charge in [-0.15, -0.1) is 11.3 Å². The molecule has 1 aromatic carbocycles. The van der Waals surface area contributed by atoms with Crippen LogP contribution in [0.3, 0.4) is 0 Å². The molecule has 0 bridgehead atoms. The summed E-state index contributed by atoms with van der Waals surface area (Å²) in [5.74, 6) is -0.715. The Morgan fingerprint density at radius 2 is 2.21 bits per heavy atom. The smallest absolute Gasteiger partial charge is 0.308 e. The molecule has 1 fully saturated rings. The molecule has 0 radical (unpaired) electrons. The van der Waals surface area contributed by atoms with Crippen LogP contribution in [-0.4, -0.2) is 53.9 Å². The number of hydrogen-bond donors (Lipinski definition) is 1. The molecule has 1 unspecified atom stereocenters. The second-order valence-corrected chi connectivity index (χ2v) is 7.32. The first-order chi connectivity index (χ1) is 13.5. The van der Waals surface area contributed by atoms with Crippen molar-refractivity contribution in [3.8, 4) is 5.75 Å². The van der Waals surface area contributed by atoms with Gasteiger partial charge in [-0.1, -0.05) is 6.07 Å².